The normalized spacial score (nSPS) is 15.8. The van der Waals surface area contributed by atoms with E-state index in [1.807, 2.05) is 0 Å². The fourth-order valence-corrected chi connectivity index (χ4v) is 3.83. The highest BCUT2D eigenvalue weighted by atomic mass is 16.5. The molecule has 0 aromatic carbocycles. The summed E-state index contributed by atoms with van der Waals surface area (Å²) in [6, 6.07) is 0. The molecule has 1 aliphatic carbocycles. The minimum atomic E-state index is -0.573. The summed E-state index contributed by atoms with van der Waals surface area (Å²) in [6.45, 7) is 2.08. The topological polar surface area (TPSA) is 123 Å². The van der Waals surface area contributed by atoms with Crippen molar-refractivity contribution in [2.24, 2.45) is 0 Å². The number of aryl methyl sites for hydroxylation is 1. The third kappa shape index (κ3) is 7.76. The van der Waals surface area contributed by atoms with Gasteiger partial charge in [0.15, 0.2) is 5.82 Å². The summed E-state index contributed by atoms with van der Waals surface area (Å²) in [5.41, 5.74) is -0.573. The molecule has 1 heterocycles. The first-order valence-electron chi connectivity index (χ1n) is 10.9. The number of aromatic nitrogens is 2. The monoisotopic (exact) mass is 422 g/mol. The van der Waals surface area contributed by atoms with Crippen molar-refractivity contribution in [1.82, 2.24) is 20.8 Å². The maximum Gasteiger partial charge on any atom is 0.305 e. The fourth-order valence-electron chi connectivity index (χ4n) is 3.83. The van der Waals surface area contributed by atoms with Crippen molar-refractivity contribution < 1.29 is 23.6 Å². The number of carbonyl (C=O) groups excluding carboxylic acids is 3. The predicted molar refractivity (Wildman–Crippen MR) is 109 cm³/mol. The van der Waals surface area contributed by atoms with Gasteiger partial charge in [0.05, 0.1) is 7.11 Å². The van der Waals surface area contributed by atoms with Crippen LogP contribution in [0.15, 0.2) is 4.52 Å². The molecular formula is C21H34N4O5. The molecule has 1 aromatic rings. The lowest BCUT2D eigenvalue weighted by Gasteiger charge is -2.30. The summed E-state index contributed by atoms with van der Waals surface area (Å²) >= 11 is 0. The molecule has 0 spiro atoms. The first kappa shape index (κ1) is 23.8. The van der Waals surface area contributed by atoms with Gasteiger partial charge in [-0.15, -0.1) is 0 Å². The maximum atomic E-state index is 12.0. The molecule has 2 amide bonds. The number of nitrogens with one attached hydrogen (secondary N) is 2. The summed E-state index contributed by atoms with van der Waals surface area (Å²) in [6.07, 6.45) is 9.31. The van der Waals surface area contributed by atoms with Crippen LogP contribution in [-0.4, -0.2) is 41.6 Å². The molecule has 0 atom stereocenters. The van der Waals surface area contributed by atoms with Gasteiger partial charge in [0, 0.05) is 32.7 Å². The van der Waals surface area contributed by atoms with Crippen LogP contribution in [0.3, 0.4) is 0 Å². The van der Waals surface area contributed by atoms with E-state index >= 15 is 0 Å². The van der Waals surface area contributed by atoms with Crippen LogP contribution >= 0.6 is 0 Å². The molecule has 1 aromatic heterocycles. The summed E-state index contributed by atoms with van der Waals surface area (Å²) in [5.74, 6) is 0.540. The van der Waals surface area contributed by atoms with Gasteiger partial charge in [0.2, 0.25) is 17.7 Å². The standard InChI is InChI=1S/C21H34N4O5/c1-16(26)24-21(13-7-3-4-8-14-21)20-23-18(30-25-20)12-11-17(27)22-15-9-5-6-10-19(28)29-2/h3-15H2,1-2H3,(H,22,27)(H,24,26). The molecular weight excluding hydrogens is 388 g/mol. The van der Waals surface area contributed by atoms with Crippen LogP contribution in [0.5, 0.6) is 0 Å². The zero-order valence-corrected chi connectivity index (χ0v) is 18.1. The Morgan fingerprint density at radius 2 is 1.80 bits per heavy atom. The molecule has 1 fully saturated rings. The zero-order chi connectivity index (χ0) is 21.8. The Kier molecular flexibility index (Phi) is 9.76. The van der Waals surface area contributed by atoms with Crippen molar-refractivity contribution >= 4 is 17.8 Å². The van der Waals surface area contributed by atoms with E-state index in [1.54, 1.807) is 0 Å². The fraction of sp³-hybridized carbons (Fsp3) is 0.762. The van der Waals surface area contributed by atoms with Crippen molar-refractivity contribution in [2.45, 2.75) is 89.5 Å². The third-order valence-corrected chi connectivity index (χ3v) is 5.44. The van der Waals surface area contributed by atoms with Gasteiger partial charge in [-0.1, -0.05) is 37.3 Å². The Morgan fingerprint density at radius 3 is 2.47 bits per heavy atom. The summed E-state index contributed by atoms with van der Waals surface area (Å²) < 4.78 is 9.96. The molecule has 9 nitrogen and oxygen atoms in total. The Hall–Kier alpha value is -2.45. The number of carbonyl (C=O) groups is 3. The average molecular weight is 423 g/mol. The number of rotatable bonds is 11. The molecule has 0 radical (unpaired) electrons. The van der Waals surface area contributed by atoms with E-state index in [2.05, 4.69) is 25.5 Å². The van der Waals surface area contributed by atoms with Gasteiger partial charge in [-0.3, -0.25) is 14.4 Å². The first-order chi connectivity index (χ1) is 14.4. The SMILES string of the molecule is COC(=O)CCCCCNC(=O)CCc1nc(C2(NC(C)=O)CCCCCC2)no1. The second-order valence-electron chi connectivity index (χ2n) is 7.93. The van der Waals surface area contributed by atoms with E-state index in [0.29, 0.717) is 31.1 Å². The van der Waals surface area contributed by atoms with E-state index < -0.39 is 5.54 Å². The Bertz CT molecular complexity index is 695. The van der Waals surface area contributed by atoms with Gasteiger partial charge < -0.3 is 19.9 Å². The predicted octanol–water partition coefficient (Wildman–Crippen LogP) is 2.54. The van der Waals surface area contributed by atoms with E-state index in [1.165, 1.54) is 14.0 Å². The number of esters is 1. The summed E-state index contributed by atoms with van der Waals surface area (Å²) in [4.78, 5) is 39.3. The largest absolute Gasteiger partial charge is 0.469 e. The van der Waals surface area contributed by atoms with E-state index in [4.69, 9.17) is 4.52 Å². The first-order valence-corrected chi connectivity index (χ1v) is 10.9. The number of nitrogens with zero attached hydrogens (tertiary/aromatic N) is 2. The van der Waals surface area contributed by atoms with E-state index in [-0.39, 0.29) is 24.2 Å². The van der Waals surface area contributed by atoms with Crippen LogP contribution in [0.4, 0.5) is 0 Å². The van der Waals surface area contributed by atoms with E-state index in [0.717, 1.165) is 57.8 Å². The Morgan fingerprint density at radius 1 is 1.07 bits per heavy atom. The molecule has 2 rings (SSSR count). The lowest BCUT2D eigenvalue weighted by atomic mass is 9.89. The molecule has 0 saturated heterocycles. The highest BCUT2D eigenvalue weighted by Crippen LogP contribution is 2.34. The maximum absolute atomic E-state index is 12.0. The molecule has 0 bridgehead atoms. The lowest BCUT2D eigenvalue weighted by Crippen LogP contribution is -2.45. The van der Waals surface area contributed by atoms with Crippen molar-refractivity contribution in [3.63, 3.8) is 0 Å². The number of ether oxygens (including phenoxy) is 1. The number of hydrogen-bond donors (Lipinski definition) is 2. The van der Waals surface area contributed by atoms with Gasteiger partial charge in [0.25, 0.3) is 0 Å². The van der Waals surface area contributed by atoms with Crippen molar-refractivity contribution in [1.29, 1.82) is 0 Å². The molecule has 0 unspecified atom stereocenters. The third-order valence-electron chi connectivity index (χ3n) is 5.44. The molecule has 2 N–H and O–H groups in total. The van der Waals surface area contributed by atoms with Gasteiger partial charge in [-0.05, 0) is 25.7 Å². The Labute approximate surface area is 177 Å². The minimum Gasteiger partial charge on any atom is -0.469 e. The quantitative estimate of drug-likeness (QED) is 0.319. The average Bonchev–Trinajstić information content (AvgIpc) is 3.08. The molecule has 168 valence electrons. The summed E-state index contributed by atoms with van der Waals surface area (Å²) in [7, 11) is 1.38. The molecule has 0 aliphatic heterocycles. The number of amides is 2. The van der Waals surface area contributed by atoms with Gasteiger partial charge >= 0.3 is 5.97 Å². The van der Waals surface area contributed by atoms with E-state index in [9.17, 15) is 14.4 Å². The van der Waals surface area contributed by atoms with Crippen LogP contribution < -0.4 is 10.6 Å². The van der Waals surface area contributed by atoms with Crippen LogP contribution in [0, 0.1) is 0 Å². The van der Waals surface area contributed by atoms with Crippen LogP contribution in [0.2, 0.25) is 0 Å². The second kappa shape index (κ2) is 12.3. The number of unbranched alkanes of at least 4 members (excludes halogenated alkanes) is 2. The highest BCUT2D eigenvalue weighted by molar-refractivity contribution is 5.76. The number of methoxy groups -OCH3 is 1. The number of hydrogen-bond acceptors (Lipinski definition) is 7. The highest BCUT2D eigenvalue weighted by Gasteiger charge is 2.38. The van der Waals surface area contributed by atoms with Crippen molar-refractivity contribution in [3.05, 3.63) is 11.7 Å². The molecule has 1 aliphatic rings. The van der Waals surface area contributed by atoms with Gasteiger partial charge in [-0.2, -0.15) is 4.98 Å². The minimum absolute atomic E-state index is 0.0752. The smallest absolute Gasteiger partial charge is 0.305 e. The lowest BCUT2D eigenvalue weighted by molar-refractivity contribution is -0.140. The van der Waals surface area contributed by atoms with Crippen molar-refractivity contribution in [3.8, 4) is 0 Å². The van der Waals surface area contributed by atoms with Gasteiger partial charge in [-0.25, -0.2) is 0 Å². The van der Waals surface area contributed by atoms with Crippen LogP contribution in [-0.2, 0) is 31.1 Å². The Balaban J connectivity index is 1.77. The molecule has 9 heteroatoms. The van der Waals surface area contributed by atoms with Crippen molar-refractivity contribution in [2.75, 3.05) is 13.7 Å². The molecule has 30 heavy (non-hydrogen) atoms. The second-order valence-corrected chi connectivity index (χ2v) is 7.93. The van der Waals surface area contributed by atoms with Crippen LogP contribution in [0.25, 0.3) is 0 Å². The molecule has 1 saturated carbocycles. The van der Waals surface area contributed by atoms with Crippen LogP contribution in [0.1, 0.15) is 89.3 Å². The summed E-state index contributed by atoms with van der Waals surface area (Å²) in [5, 5.41) is 10.0. The zero-order valence-electron chi connectivity index (χ0n) is 18.1. The van der Waals surface area contributed by atoms with Gasteiger partial charge in [0.1, 0.15) is 5.54 Å².